The summed E-state index contributed by atoms with van der Waals surface area (Å²) in [5.41, 5.74) is 13.4. The van der Waals surface area contributed by atoms with Gasteiger partial charge in [0.25, 0.3) is 0 Å². The lowest BCUT2D eigenvalue weighted by molar-refractivity contribution is -0.137. The van der Waals surface area contributed by atoms with Gasteiger partial charge in [-0.15, -0.1) is 24.8 Å². The van der Waals surface area contributed by atoms with Crippen LogP contribution < -0.4 is 21.7 Å². The number of nitrogens with one attached hydrogen (secondary N) is 1. The molecule has 2 aliphatic rings. The van der Waals surface area contributed by atoms with Crippen LogP contribution in [0.15, 0.2) is 12.1 Å². The van der Waals surface area contributed by atoms with Gasteiger partial charge < -0.3 is 21.7 Å². The number of likely N-dealkylation sites (N-methyl/N-ethyl adjacent to an activating group) is 1. The first kappa shape index (κ1) is 26.3. The number of rotatable bonds is 3. The Kier molecular flexibility index (Phi) is 8.47. The molecule has 0 bridgehead atoms. The molecule has 2 heterocycles. The zero-order chi connectivity index (χ0) is 21.5. The number of nitrogens with zero attached hydrogens (tertiary/aromatic N) is 3. The first-order valence-electron chi connectivity index (χ1n) is 10.4. The van der Waals surface area contributed by atoms with Crippen LogP contribution in [-0.2, 0) is 19.0 Å². The lowest BCUT2D eigenvalue weighted by Crippen LogP contribution is -2.45. The molecule has 1 atom stereocenters. The van der Waals surface area contributed by atoms with Crippen molar-refractivity contribution in [2.75, 3.05) is 36.5 Å². The number of halogens is 5. The fourth-order valence-electron chi connectivity index (χ4n) is 4.46. The van der Waals surface area contributed by atoms with E-state index in [0.717, 1.165) is 80.8 Å². The second-order valence-corrected chi connectivity index (χ2v) is 8.10. The number of hydrogen-bond acceptors (Lipinski definition) is 6. The van der Waals surface area contributed by atoms with Gasteiger partial charge >= 0.3 is 6.18 Å². The molecular weight excluding hydrogens is 464 g/mol. The first-order chi connectivity index (χ1) is 14.3. The van der Waals surface area contributed by atoms with Crippen molar-refractivity contribution in [2.45, 2.75) is 50.7 Å². The molecule has 0 amide bonds. The molecule has 1 unspecified atom stereocenters. The zero-order valence-electron chi connectivity index (χ0n) is 17.8. The summed E-state index contributed by atoms with van der Waals surface area (Å²) in [6, 6.07) is 2.19. The first-order valence-corrected chi connectivity index (χ1v) is 10.4. The van der Waals surface area contributed by atoms with Crippen molar-refractivity contribution >= 4 is 42.0 Å². The molecular formula is C21H29Cl2F3N6. The fourth-order valence-corrected chi connectivity index (χ4v) is 4.46. The summed E-state index contributed by atoms with van der Waals surface area (Å²) >= 11 is 0. The Balaban J connectivity index is 0.00000181. The number of alkyl halides is 3. The van der Waals surface area contributed by atoms with Crippen molar-refractivity contribution in [3.63, 3.8) is 0 Å². The molecule has 1 saturated heterocycles. The van der Waals surface area contributed by atoms with E-state index in [1.165, 1.54) is 0 Å². The Labute approximate surface area is 198 Å². The number of hydrogen-bond donors (Lipinski definition) is 3. The van der Waals surface area contributed by atoms with Crippen LogP contribution in [0.25, 0.3) is 11.4 Å². The molecule has 1 aliphatic heterocycles. The number of nitrogen functional groups attached to an aromatic ring is 2. The zero-order valence-corrected chi connectivity index (χ0v) is 19.5. The molecule has 32 heavy (non-hydrogen) atoms. The van der Waals surface area contributed by atoms with E-state index in [-0.39, 0.29) is 41.8 Å². The van der Waals surface area contributed by atoms with E-state index < -0.39 is 11.7 Å². The average molecular weight is 493 g/mol. The van der Waals surface area contributed by atoms with Crippen molar-refractivity contribution in [2.24, 2.45) is 0 Å². The van der Waals surface area contributed by atoms with Crippen LogP contribution >= 0.6 is 24.8 Å². The van der Waals surface area contributed by atoms with Gasteiger partial charge in [-0.3, -0.25) is 0 Å². The van der Waals surface area contributed by atoms with Gasteiger partial charge in [0, 0.05) is 41.8 Å². The smallest absolute Gasteiger partial charge is 0.398 e. The normalized spacial score (nSPS) is 18.4. The maximum Gasteiger partial charge on any atom is 0.416 e. The van der Waals surface area contributed by atoms with Crippen LogP contribution in [0.2, 0.25) is 0 Å². The highest BCUT2D eigenvalue weighted by Gasteiger charge is 2.33. The van der Waals surface area contributed by atoms with Gasteiger partial charge in [0.2, 0.25) is 0 Å². The number of piperidine rings is 1. The molecule has 5 N–H and O–H groups in total. The highest BCUT2D eigenvalue weighted by molar-refractivity contribution is 5.86. The lowest BCUT2D eigenvalue weighted by Gasteiger charge is -2.35. The minimum Gasteiger partial charge on any atom is -0.398 e. The van der Waals surface area contributed by atoms with Crippen molar-refractivity contribution in [3.8, 4) is 11.4 Å². The minimum atomic E-state index is -4.52. The van der Waals surface area contributed by atoms with Gasteiger partial charge in [-0.1, -0.05) is 0 Å². The maximum atomic E-state index is 13.1. The third-order valence-electron chi connectivity index (χ3n) is 6.04. The Morgan fingerprint density at radius 1 is 1.03 bits per heavy atom. The van der Waals surface area contributed by atoms with E-state index in [9.17, 15) is 13.2 Å². The second kappa shape index (κ2) is 10.3. The molecule has 1 aromatic heterocycles. The summed E-state index contributed by atoms with van der Waals surface area (Å²) in [4.78, 5) is 11.8. The molecule has 1 aromatic carbocycles. The average Bonchev–Trinajstić information content (AvgIpc) is 2.72. The van der Waals surface area contributed by atoms with Crippen molar-refractivity contribution in [3.05, 3.63) is 29.0 Å². The summed E-state index contributed by atoms with van der Waals surface area (Å²) in [6.07, 6.45) is 1.47. The third-order valence-corrected chi connectivity index (χ3v) is 6.04. The number of anilines is 3. The predicted octanol–water partition coefficient (Wildman–Crippen LogP) is 4.24. The SMILES string of the molecule is CNC1CCCN(c2nc(-c3c(N)cc(C(F)(F)F)cc3N)nc3c2CCCC3)C1.Cl.Cl. The van der Waals surface area contributed by atoms with Crippen LogP contribution in [0.3, 0.4) is 0 Å². The lowest BCUT2D eigenvalue weighted by atomic mass is 9.94. The highest BCUT2D eigenvalue weighted by Crippen LogP contribution is 2.39. The van der Waals surface area contributed by atoms with E-state index in [4.69, 9.17) is 21.4 Å². The van der Waals surface area contributed by atoms with Crippen LogP contribution in [0.5, 0.6) is 0 Å². The summed E-state index contributed by atoms with van der Waals surface area (Å²) < 4.78 is 39.4. The third kappa shape index (κ3) is 5.15. The van der Waals surface area contributed by atoms with E-state index in [1.807, 2.05) is 7.05 Å². The Bertz CT molecular complexity index is 931. The Morgan fingerprint density at radius 2 is 1.69 bits per heavy atom. The standard InChI is InChI=1S/C21H27F3N6.2ClH/c1-27-13-5-4-8-30(11-13)20-14-6-2-3-7-17(14)28-19(29-20)18-15(25)9-12(10-16(18)26)21(22,23)24;;/h9-10,13,27H,2-8,11,25-26H2,1H3;2*1H. The number of nitrogens with two attached hydrogens (primary N) is 2. The minimum absolute atomic E-state index is 0. The van der Waals surface area contributed by atoms with Crippen LogP contribution in [-0.4, -0.2) is 36.1 Å². The largest absolute Gasteiger partial charge is 0.416 e. The molecule has 0 radical (unpaired) electrons. The molecule has 1 fully saturated rings. The van der Waals surface area contributed by atoms with Gasteiger partial charge in [0.05, 0.1) is 11.1 Å². The monoisotopic (exact) mass is 492 g/mol. The number of benzene rings is 1. The summed E-state index contributed by atoms with van der Waals surface area (Å²) in [5.74, 6) is 1.18. The Hall–Kier alpha value is -1.97. The summed E-state index contributed by atoms with van der Waals surface area (Å²) in [5, 5.41) is 3.34. The number of aryl methyl sites for hydroxylation is 1. The number of fused-ring (bicyclic) bond motifs is 1. The van der Waals surface area contributed by atoms with Gasteiger partial charge in [-0.25, -0.2) is 9.97 Å². The molecule has 2 aromatic rings. The van der Waals surface area contributed by atoms with Gasteiger partial charge in [0.1, 0.15) is 5.82 Å². The van der Waals surface area contributed by atoms with E-state index >= 15 is 0 Å². The highest BCUT2D eigenvalue weighted by atomic mass is 35.5. The quantitative estimate of drug-likeness (QED) is 0.554. The van der Waals surface area contributed by atoms with E-state index in [0.29, 0.717) is 11.9 Å². The number of aromatic nitrogens is 2. The van der Waals surface area contributed by atoms with Crippen LogP contribution in [0.1, 0.15) is 42.5 Å². The molecule has 11 heteroatoms. The van der Waals surface area contributed by atoms with Crippen molar-refractivity contribution < 1.29 is 13.2 Å². The van der Waals surface area contributed by atoms with Crippen molar-refractivity contribution in [1.29, 1.82) is 0 Å². The second-order valence-electron chi connectivity index (χ2n) is 8.10. The molecule has 178 valence electrons. The maximum absolute atomic E-state index is 13.1. The molecule has 4 rings (SSSR count). The topological polar surface area (TPSA) is 93.1 Å². The van der Waals surface area contributed by atoms with Gasteiger partial charge in [-0.2, -0.15) is 13.2 Å². The Morgan fingerprint density at radius 3 is 2.31 bits per heavy atom. The van der Waals surface area contributed by atoms with Gasteiger partial charge in [0.15, 0.2) is 5.82 Å². The van der Waals surface area contributed by atoms with Crippen LogP contribution in [0.4, 0.5) is 30.4 Å². The summed E-state index contributed by atoms with van der Waals surface area (Å²) in [7, 11) is 1.96. The van der Waals surface area contributed by atoms with Crippen LogP contribution in [0, 0.1) is 0 Å². The van der Waals surface area contributed by atoms with Crippen molar-refractivity contribution in [1.82, 2.24) is 15.3 Å². The predicted molar refractivity (Wildman–Crippen MR) is 127 cm³/mol. The van der Waals surface area contributed by atoms with Gasteiger partial charge in [-0.05, 0) is 57.7 Å². The molecule has 1 aliphatic carbocycles. The van der Waals surface area contributed by atoms with E-state index in [2.05, 4.69) is 10.2 Å². The molecule has 0 saturated carbocycles. The molecule has 6 nitrogen and oxygen atoms in total. The molecule has 0 spiro atoms. The summed E-state index contributed by atoms with van der Waals surface area (Å²) in [6.45, 7) is 1.72. The fraction of sp³-hybridized carbons (Fsp3) is 0.524. The van der Waals surface area contributed by atoms with E-state index in [1.54, 1.807) is 0 Å².